The maximum absolute atomic E-state index is 9.12. The number of anilines is 1. The van der Waals surface area contributed by atoms with Crippen molar-refractivity contribution in [1.82, 2.24) is 5.32 Å². The minimum absolute atomic E-state index is 0.160. The van der Waals surface area contributed by atoms with Crippen LogP contribution in [0.3, 0.4) is 0 Å². The molecule has 4 nitrogen and oxygen atoms in total. The third-order valence-electron chi connectivity index (χ3n) is 1.89. The molecule has 0 saturated carbocycles. The number of nitrogens with one attached hydrogen (secondary N) is 2. The Bertz CT molecular complexity index is 404. The van der Waals surface area contributed by atoms with Crippen LogP contribution in [0.4, 0.5) is 5.69 Å². The van der Waals surface area contributed by atoms with Crippen molar-refractivity contribution in [3.05, 3.63) is 28.2 Å². The lowest BCUT2D eigenvalue weighted by Gasteiger charge is -2.13. The lowest BCUT2D eigenvalue weighted by molar-refractivity contribution is 0.0984. The van der Waals surface area contributed by atoms with E-state index in [-0.39, 0.29) is 13.2 Å². The fourth-order valence-electron chi connectivity index (χ4n) is 1.03. The topological polar surface area (TPSA) is 64.5 Å². The summed E-state index contributed by atoms with van der Waals surface area (Å²) in [4.78, 5) is 0. The Morgan fingerprint density at radius 2 is 2.12 bits per heavy atom. The number of thiocarbonyl (C=S) groups is 1. The predicted molar refractivity (Wildman–Crippen MR) is 73.8 cm³/mol. The third kappa shape index (κ3) is 5.06. The maximum atomic E-state index is 9.12. The average molecular weight is 295 g/mol. The molecule has 1 rings (SSSR count). The number of rotatable bonds is 4. The molecule has 0 unspecified atom stereocenters. The molecule has 0 aliphatic heterocycles. The summed E-state index contributed by atoms with van der Waals surface area (Å²) in [7, 11) is 0. The van der Waals surface area contributed by atoms with E-state index < -0.39 is 6.10 Å². The average Bonchev–Trinajstić information content (AvgIpc) is 2.29. The van der Waals surface area contributed by atoms with Crippen LogP contribution >= 0.6 is 35.4 Å². The highest BCUT2D eigenvalue weighted by Gasteiger charge is 2.05. The Morgan fingerprint density at radius 1 is 1.41 bits per heavy atom. The van der Waals surface area contributed by atoms with E-state index in [9.17, 15) is 0 Å². The molecule has 0 heterocycles. The zero-order chi connectivity index (χ0) is 12.8. The molecule has 1 aromatic carbocycles. The van der Waals surface area contributed by atoms with Crippen molar-refractivity contribution >= 4 is 46.2 Å². The zero-order valence-corrected chi connectivity index (χ0v) is 11.1. The van der Waals surface area contributed by atoms with E-state index in [1.165, 1.54) is 0 Å². The minimum Gasteiger partial charge on any atom is -0.394 e. The molecule has 0 bridgehead atoms. The normalized spacial score (nSPS) is 12.0. The first kappa shape index (κ1) is 14.5. The molecule has 0 radical (unpaired) electrons. The molecule has 0 saturated heterocycles. The van der Waals surface area contributed by atoms with Gasteiger partial charge in [0.1, 0.15) is 0 Å². The van der Waals surface area contributed by atoms with E-state index >= 15 is 0 Å². The number of hydrogen-bond acceptors (Lipinski definition) is 3. The van der Waals surface area contributed by atoms with E-state index in [4.69, 9.17) is 45.6 Å². The van der Waals surface area contributed by atoms with E-state index in [2.05, 4.69) is 10.6 Å². The number of benzene rings is 1. The van der Waals surface area contributed by atoms with Crippen LogP contribution in [0.1, 0.15) is 0 Å². The van der Waals surface area contributed by atoms with Gasteiger partial charge in [-0.1, -0.05) is 23.2 Å². The molecule has 1 atom stereocenters. The van der Waals surface area contributed by atoms with Gasteiger partial charge in [0.25, 0.3) is 0 Å². The van der Waals surface area contributed by atoms with Gasteiger partial charge in [0.2, 0.25) is 0 Å². The molecule has 1 aromatic rings. The van der Waals surface area contributed by atoms with Gasteiger partial charge in [-0.15, -0.1) is 0 Å². The lowest BCUT2D eigenvalue weighted by Crippen LogP contribution is -2.36. The van der Waals surface area contributed by atoms with Gasteiger partial charge in [0.05, 0.1) is 23.4 Å². The van der Waals surface area contributed by atoms with Crippen molar-refractivity contribution in [2.24, 2.45) is 0 Å². The molecular formula is C10H12Cl2N2O2S. The minimum atomic E-state index is -0.851. The largest absolute Gasteiger partial charge is 0.394 e. The molecular weight excluding hydrogens is 283 g/mol. The standard InChI is InChI=1S/C10H12Cl2N2O2S/c11-6-1-2-9(8(12)3-6)14-10(17)13-4-7(16)5-15/h1-3,7,15-16H,4-5H2,(H2,13,14,17)/t7-/m0/s1. The summed E-state index contributed by atoms with van der Waals surface area (Å²) in [5.74, 6) is 0. The first-order valence-electron chi connectivity index (χ1n) is 4.81. The van der Waals surface area contributed by atoms with Crippen LogP contribution in [0.5, 0.6) is 0 Å². The Hall–Kier alpha value is -0.590. The Balaban J connectivity index is 2.50. The summed E-state index contributed by atoms with van der Waals surface area (Å²) in [6, 6.07) is 4.97. The summed E-state index contributed by atoms with van der Waals surface area (Å²) in [6.07, 6.45) is -0.851. The van der Waals surface area contributed by atoms with Gasteiger partial charge in [-0.05, 0) is 30.4 Å². The second kappa shape index (κ2) is 6.98. The summed E-state index contributed by atoms with van der Waals surface area (Å²) in [5, 5.41) is 24.6. The van der Waals surface area contributed by atoms with Crippen molar-refractivity contribution in [3.8, 4) is 0 Å². The van der Waals surface area contributed by atoms with Gasteiger partial charge in [-0.25, -0.2) is 0 Å². The van der Waals surface area contributed by atoms with E-state index in [1.54, 1.807) is 18.2 Å². The molecule has 94 valence electrons. The van der Waals surface area contributed by atoms with Crippen molar-refractivity contribution in [1.29, 1.82) is 0 Å². The van der Waals surface area contributed by atoms with Crippen LogP contribution in [-0.4, -0.2) is 34.6 Å². The van der Waals surface area contributed by atoms with Gasteiger partial charge in [-0.3, -0.25) is 0 Å². The number of aliphatic hydroxyl groups excluding tert-OH is 2. The van der Waals surface area contributed by atoms with Crippen molar-refractivity contribution in [3.63, 3.8) is 0 Å². The highest BCUT2D eigenvalue weighted by Crippen LogP contribution is 2.25. The van der Waals surface area contributed by atoms with Crippen LogP contribution < -0.4 is 10.6 Å². The molecule has 17 heavy (non-hydrogen) atoms. The first-order chi connectivity index (χ1) is 8.02. The fraction of sp³-hybridized carbons (Fsp3) is 0.300. The molecule has 0 aromatic heterocycles. The van der Waals surface area contributed by atoms with Gasteiger partial charge in [0.15, 0.2) is 5.11 Å². The van der Waals surface area contributed by atoms with E-state index in [1.807, 2.05) is 0 Å². The highest BCUT2D eigenvalue weighted by molar-refractivity contribution is 7.80. The first-order valence-corrected chi connectivity index (χ1v) is 5.98. The second-order valence-electron chi connectivity index (χ2n) is 3.30. The van der Waals surface area contributed by atoms with Gasteiger partial charge in [0, 0.05) is 11.6 Å². The summed E-state index contributed by atoms with van der Waals surface area (Å²) >= 11 is 16.7. The summed E-state index contributed by atoms with van der Waals surface area (Å²) < 4.78 is 0. The van der Waals surface area contributed by atoms with Crippen molar-refractivity contribution in [2.45, 2.75) is 6.10 Å². The quantitative estimate of drug-likeness (QED) is 0.636. The van der Waals surface area contributed by atoms with Gasteiger partial charge >= 0.3 is 0 Å². The number of aliphatic hydroxyl groups is 2. The zero-order valence-electron chi connectivity index (χ0n) is 8.78. The molecule has 0 amide bonds. The van der Waals surface area contributed by atoms with Crippen molar-refractivity contribution < 1.29 is 10.2 Å². The molecule has 4 N–H and O–H groups in total. The van der Waals surface area contributed by atoms with Crippen LogP contribution in [0.25, 0.3) is 0 Å². The summed E-state index contributed by atoms with van der Waals surface area (Å²) in [6.45, 7) is -0.162. The second-order valence-corrected chi connectivity index (χ2v) is 4.55. The predicted octanol–water partition coefficient (Wildman–Crippen LogP) is 1.63. The smallest absolute Gasteiger partial charge is 0.170 e. The maximum Gasteiger partial charge on any atom is 0.170 e. The van der Waals surface area contributed by atoms with Gasteiger partial charge < -0.3 is 20.8 Å². The van der Waals surface area contributed by atoms with Crippen LogP contribution in [0, 0.1) is 0 Å². The number of hydrogen-bond donors (Lipinski definition) is 4. The Labute approximate surface area is 115 Å². The monoisotopic (exact) mass is 294 g/mol. The Kier molecular flexibility index (Phi) is 5.94. The van der Waals surface area contributed by atoms with Crippen LogP contribution in [-0.2, 0) is 0 Å². The molecule has 7 heteroatoms. The Morgan fingerprint density at radius 3 is 2.71 bits per heavy atom. The molecule has 0 aliphatic carbocycles. The highest BCUT2D eigenvalue weighted by atomic mass is 35.5. The third-order valence-corrected chi connectivity index (χ3v) is 2.68. The molecule has 0 fully saturated rings. The molecule has 0 aliphatic rings. The van der Waals surface area contributed by atoms with Crippen LogP contribution in [0.15, 0.2) is 18.2 Å². The summed E-state index contributed by atoms with van der Waals surface area (Å²) in [5.41, 5.74) is 0.618. The van der Waals surface area contributed by atoms with E-state index in [0.717, 1.165) is 0 Å². The lowest BCUT2D eigenvalue weighted by atomic mass is 10.3. The number of halogens is 2. The van der Waals surface area contributed by atoms with Crippen molar-refractivity contribution in [2.75, 3.05) is 18.5 Å². The molecule has 0 spiro atoms. The van der Waals surface area contributed by atoms with Gasteiger partial charge in [-0.2, -0.15) is 0 Å². The van der Waals surface area contributed by atoms with E-state index in [0.29, 0.717) is 20.8 Å². The SMILES string of the molecule is OC[C@@H](O)CNC(=S)Nc1ccc(Cl)cc1Cl. The van der Waals surface area contributed by atoms with Crippen LogP contribution in [0.2, 0.25) is 10.0 Å². The fourth-order valence-corrected chi connectivity index (χ4v) is 1.68.